The highest BCUT2D eigenvalue weighted by Crippen LogP contribution is 2.34. The van der Waals surface area contributed by atoms with Gasteiger partial charge in [0.25, 0.3) is 0 Å². The maximum absolute atomic E-state index is 12.8. The lowest BCUT2D eigenvalue weighted by Gasteiger charge is -2.19. The van der Waals surface area contributed by atoms with Gasteiger partial charge in [0.15, 0.2) is 0 Å². The summed E-state index contributed by atoms with van der Waals surface area (Å²) in [6.45, 7) is 3.09. The van der Waals surface area contributed by atoms with Crippen LogP contribution in [0.25, 0.3) is 0 Å². The van der Waals surface area contributed by atoms with Crippen molar-refractivity contribution in [1.29, 1.82) is 0 Å². The number of alkyl halides is 3. The monoisotopic (exact) mass is 389 g/mol. The highest BCUT2D eigenvalue weighted by molar-refractivity contribution is 7.92. The Bertz CT molecular complexity index is 693. The van der Waals surface area contributed by atoms with Crippen molar-refractivity contribution in [1.82, 2.24) is 0 Å². The minimum atomic E-state index is -4.63. The molecule has 2 unspecified atom stereocenters. The smallest absolute Gasteiger partial charge is 0.327 e. The fourth-order valence-electron chi connectivity index (χ4n) is 1.60. The summed E-state index contributed by atoms with van der Waals surface area (Å²) in [5, 5.41) is 2.28. The largest absolute Gasteiger partial charge is 0.416 e. The van der Waals surface area contributed by atoms with Crippen molar-refractivity contribution in [2.45, 2.75) is 26.1 Å². The molecule has 0 aliphatic carbocycles. The predicted octanol–water partition coefficient (Wildman–Crippen LogP) is 2.42. The van der Waals surface area contributed by atoms with Crippen LogP contribution in [0.2, 0.25) is 0 Å². The third kappa shape index (κ3) is 6.54. The van der Waals surface area contributed by atoms with Crippen LogP contribution in [0.15, 0.2) is 18.2 Å². The van der Waals surface area contributed by atoms with Crippen molar-refractivity contribution >= 4 is 39.7 Å². The standard InChI is InChI=1S/C13H18F3N3O3S.ClH/c1-7(8(2)17)12(20)18-11-6-9(13(14,15)16)4-5-10(11)19-23(3,21)22;/h4-8,19H,17H2,1-3H3,(H,18,20);1H. The number of halogens is 4. The maximum Gasteiger partial charge on any atom is 0.416 e. The number of carbonyl (C=O) groups excluding carboxylic acids is 1. The molecule has 2 atom stereocenters. The van der Waals surface area contributed by atoms with Gasteiger partial charge in [-0.1, -0.05) is 6.92 Å². The first-order valence-corrected chi connectivity index (χ1v) is 8.46. The third-order valence-corrected chi connectivity index (χ3v) is 3.69. The molecule has 0 saturated heterocycles. The topological polar surface area (TPSA) is 101 Å². The van der Waals surface area contributed by atoms with E-state index in [4.69, 9.17) is 5.73 Å². The first kappa shape index (κ1) is 22.5. The number of sulfonamides is 1. The second-order valence-corrected chi connectivity index (χ2v) is 7.02. The Kier molecular flexibility index (Phi) is 7.53. The summed E-state index contributed by atoms with van der Waals surface area (Å²) in [6.07, 6.45) is -3.78. The zero-order valence-electron chi connectivity index (χ0n) is 13.1. The van der Waals surface area contributed by atoms with Crippen LogP contribution < -0.4 is 15.8 Å². The second kappa shape index (κ2) is 8.04. The fraction of sp³-hybridized carbons (Fsp3) is 0.462. The van der Waals surface area contributed by atoms with E-state index in [0.717, 1.165) is 18.4 Å². The van der Waals surface area contributed by atoms with Crippen LogP contribution in [0.1, 0.15) is 19.4 Å². The highest BCUT2D eigenvalue weighted by Gasteiger charge is 2.31. The van der Waals surface area contributed by atoms with Crippen molar-refractivity contribution in [3.05, 3.63) is 23.8 Å². The van der Waals surface area contributed by atoms with E-state index >= 15 is 0 Å². The van der Waals surface area contributed by atoms with E-state index in [1.54, 1.807) is 6.92 Å². The quantitative estimate of drug-likeness (QED) is 0.719. The number of hydrogen-bond acceptors (Lipinski definition) is 4. The van der Waals surface area contributed by atoms with Crippen LogP contribution in [0, 0.1) is 5.92 Å². The minimum absolute atomic E-state index is 0. The number of hydrogen-bond donors (Lipinski definition) is 3. The first-order valence-electron chi connectivity index (χ1n) is 6.56. The Morgan fingerprint density at radius 1 is 1.21 bits per heavy atom. The molecule has 138 valence electrons. The molecule has 0 radical (unpaired) electrons. The van der Waals surface area contributed by atoms with E-state index in [2.05, 4.69) is 10.0 Å². The zero-order chi connectivity index (χ0) is 18.0. The van der Waals surface area contributed by atoms with Crippen molar-refractivity contribution in [2.24, 2.45) is 11.7 Å². The number of rotatable bonds is 5. The van der Waals surface area contributed by atoms with E-state index in [1.807, 2.05) is 0 Å². The lowest BCUT2D eigenvalue weighted by Crippen LogP contribution is -2.34. The molecule has 0 heterocycles. The number of nitrogens with two attached hydrogens (primary N) is 1. The molecule has 0 fully saturated rings. The second-order valence-electron chi connectivity index (χ2n) is 5.27. The molecule has 1 amide bonds. The average Bonchev–Trinajstić information content (AvgIpc) is 2.36. The van der Waals surface area contributed by atoms with Crippen LogP contribution >= 0.6 is 12.4 Å². The number of benzene rings is 1. The molecule has 0 aliphatic heterocycles. The zero-order valence-corrected chi connectivity index (χ0v) is 14.8. The maximum atomic E-state index is 12.8. The Labute approximate surface area is 144 Å². The summed E-state index contributed by atoms with van der Waals surface area (Å²) in [4.78, 5) is 12.0. The van der Waals surface area contributed by atoms with Gasteiger partial charge in [0.05, 0.1) is 29.1 Å². The van der Waals surface area contributed by atoms with Gasteiger partial charge in [0.2, 0.25) is 15.9 Å². The summed E-state index contributed by atoms with van der Waals surface area (Å²) >= 11 is 0. The van der Waals surface area contributed by atoms with Crippen LogP contribution in [0.3, 0.4) is 0 Å². The molecule has 0 aliphatic rings. The number of carbonyl (C=O) groups is 1. The molecule has 0 saturated carbocycles. The van der Waals surface area contributed by atoms with Gasteiger partial charge in [0, 0.05) is 6.04 Å². The summed E-state index contributed by atoms with van der Waals surface area (Å²) in [7, 11) is -3.73. The number of amides is 1. The summed E-state index contributed by atoms with van der Waals surface area (Å²) in [5.74, 6) is -1.29. The lowest BCUT2D eigenvalue weighted by molar-refractivity contribution is -0.137. The van der Waals surface area contributed by atoms with Gasteiger partial charge in [-0.3, -0.25) is 9.52 Å². The number of nitrogens with one attached hydrogen (secondary N) is 2. The van der Waals surface area contributed by atoms with E-state index in [0.29, 0.717) is 6.07 Å². The molecule has 0 aromatic heterocycles. The molecule has 0 bridgehead atoms. The van der Waals surface area contributed by atoms with Crippen molar-refractivity contribution in [2.75, 3.05) is 16.3 Å². The molecule has 1 rings (SSSR count). The molecule has 24 heavy (non-hydrogen) atoms. The Hall–Kier alpha value is -1.52. The average molecular weight is 390 g/mol. The SMILES string of the molecule is CC(N)C(C)C(=O)Nc1cc(C(F)(F)F)ccc1NS(C)(=O)=O.Cl. The molecular formula is C13H19ClF3N3O3S. The van der Waals surface area contributed by atoms with Gasteiger partial charge in [0.1, 0.15) is 0 Å². The minimum Gasteiger partial charge on any atom is -0.327 e. The van der Waals surface area contributed by atoms with Crippen LogP contribution in [0.4, 0.5) is 24.5 Å². The van der Waals surface area contributed by atoms with Gasteiger partial charge in [-0.15, -0.1) is 12.4 Å². The normalized spacial score (nSPS) is 14.3. The molecule has 0 spiro atoms. The fourth-order valence-corrected chi connectivity index (χ4v) is 2.18. The molecular weight excluding hydrogens is 371 g/mol. The van der Waals surface area contributed by atoms with Crippen molar-refractivity contribution in [3.8, 4) is 0 Å². The number of anilines is 2. The predicted molar refractivity (Wildman–Crippen MR) is 88.6 cm³/mol. The van der Waals surface area contributed by atoms with Gasteiger partial charge in [-0.25, -0.2) is 8.42 Å². The third-order valence-electron chi connectivity index (χ3n) is 3.10. The molecule has 1 aromatic carbocycles. The van der Waals surface area contributed by atoms with Crippen LogP contribution in [-0.2, 0) is 21.0 Å². The van der Waals surface area contributed by atoms with E-state index < -0.39 is 39.6 Å². The Morgan fingerprint density at radius 3 is 2.17 bits per heavy atom. The highest BCUT2D eigenvalue weighted by atomic mass is 35.5. The molecule has 1 aromatic rings. The molecule has 6 nitrogen and oxygen atoms in total. The van der Waals surface area contributed by atoms with Crippen LogP contribution in [-0.4, -0.2) is 26.6 Å². The lowest BCUT2D eigenvalue weighted by atomic mass is 10.0. The Morgan fingerprint density at radius 2 is 1.75 bits per heavy atom. The molecule has 4 N–H and O–H groups in total. The van der Waals surface area contributed by atoms with E-state index in [-0.39, 0.29) is 23.8 Å². The summed E-state index contributed by atoms with van der Waals surface area (Å²) < 4.78 is 63.0. The van der Waals surface area contributed by atoms with Gasteiger partial charge in [-0.05, 0) is 25.1 Å². The van der Waals surface area contributed by atoms with Gasteiger partial charge in [-0.2, -0.15) is 13.2 Å². The van der Waals surface area contributed by atoms with Crippen LogP contribution in [0.5, 0.6) is 0 Å². The Balaban J connectivity index is 0.00000529. The van der Waals surface area contributed by atoms with E-state index in [9.17, 15) is 26.4 Å². The van der Waals surface area contributed by atoms with Crippen molar-refractivity contribution in [3.63, 3.8) is 0 Å². The van der Waals surface area contributed by atoms with Gasteiger partial charge < -0.3 is 11.1 Å². The van der Waals surface area contributed by atoms with Gasteiger partial charge >= 0.3 is 6.18 Å². The summed E-state index contributed by atoms with van der Waals surface area (Å²) in [6, 6.07) is 1.81. The van der Waals surface area contributed by atoms with E-state index in [1.165, 1.54) is 6.92 Å². The van der Waals surface area contributed by atoms with Crippen molar-refractivity contribution < 1.29 is 26.4 Å². The molecule has 11 heteroatoms. The summed E-state index contributed by atoms with van der Waals surface area (Å²) in [5.41, 5.74) is 4.11. The first-order chi connectivity index (χ1) is 10.3.